The van der Waals surface area contributed by atoms with E-state index < -0.39 is 43.4 Å². The van der Waals surface area contributed by atoms with Gasteiger partial charge in [0.15, 0.2) is 0 Å². The van der Waals surface area contributed by atoms with Crippen molar-refractivity contribution in [2.45, 2.75) is 11.5 Å². The zero-order valence-electron chi connectivity index (χ0n) is 7.87. The molecule has 0 unspecified atom stereocenters. The summed E-state index contributed by atoms with van der Waals surface area (Å²) >= 11 is 0. The lowest BCUT2D eigenvalue weighted by Crippen LogP contribution is -2.17. The Kier molecular flexibility index (Phi) is 3.24. The number of nitrogens with zero attached hydrogens (tertiary/aromatic N) is 2. The van der Waals surface area contributed by atoms with Crippen molar-refractivity contribution in [3.05, 3.63) is 21.9 Å². The number of hydrogen-bond acceptors (Lipinski definition) is 6. The summed E-state index contributed by atoms with van der Waals surface area (Å²) in [6.07, 6.45) is -3.09. The molecule has 0 bridgehead atoms. The van der Waals surface area contributed by atoms with Crippen LogP contribution in [0.15, 0.2) is 11.2 Å². The molecule has 1 heterocycles. The Morgan fingerprint density at radius 1 is 1.53 bits per heavy atom. The molecule has 3 N–H and O–H groups in total. The van der Waals surface area contributed by atoms with E-state index in [0.717, 1.165) is 0 Å². The van der Waals surface area contributed by atoms with Crippen LogP contribution >= 0.6 is 0 Å². The number of pyridine rings is 1. The number of nitrogens with two attached hydrogens (primary N) is 1. The van der Waals surface area contributed by atoms with Crippen molar-refractivity contribution in [2.24, 2.45) is 5.14 Å². The zero-order chi connectivity index (χ0) is 13.4. The summed E-state index contributed by atoms with van der Waals surface area (Å²) in [5, 5.41) is 22.8. The van der Waals surface area contributed by atoms with E-state index in [1.165, 1.54) is 0 Å². The van der Waals surface area contributed by atoms with Crippen LogP contribution in [0.1, 0.15) is 12.0 Å². The molecule has 0 spiro atoms. The third-order valence-corrected chi connectivity index (χ3v) is 2.55. The Bertz CT molecular complexity index is 573. The number of alkyl halides is 2. The highest BCUT2D eigenvalue weighted by atomic mass is 32.2. The van der Waals surface area contributed by atoms with Crippen LogP contribution in [0.4, 0.5) is 14.5 Å². The first kappa shape index (κ1) is 13.2. The van der Waals surface area contributed by atoms with Gasteiger partial charge in [-0.3, -0.25) is 10.1 Å². The first-order chi connectivity index (χ1) is 7.66. The number of aromatic hydroxyl groups is 1. The fourth-order valence-electron chi connectivity index (χ4n) is 1.09. The van der Waals surface area contributed by atoms with Gasteiger partial charge in [0.25, 0.3) is 16.4 Å². The van der Waals surface area contributed by atoms with Gasteiger partial charge in [-0.05, 0) is 0 Å². The van der Waals surface area contributed by atoms with E-state index in [0.29, 0.717) is 6.20 Å². The summed E-state index contributed by atoms with van der Waals surface area (Å²) in [4.78, 5) is 12.1. The average Bonchev–Trinajstić information content (AvgIpc) is 2.14. The second-order valence-corrected chi connectivity index (χ2v) is 4.29. The minimum absolute atomic E-state index is 0.355. The second kappa shape index (κ2) is 4.18. The Labute approximate surface area is 92.9 Å². The Hall–Kier alpha value is -1.88. The predicted octanol–water partition coefficient (Wildman–Crippen LogP) is 0.280. The lowest BCUT2D eigenvalue weighted by atomic mass is 10.2. The molecule has 94 valence electrons. The van der Waals surface area contributed by atoms with E-state index in [-0.39, 0.29) is 0 Å². The number of aromatic nitrogens is 1. The summed E-state index contributed by atoms with van der Waals surface area (Å²) in [5.74, 6) is -1.18. The molecule has 0 atom stereocenters. The van der Waals surface area contributed by atoms with Gasteiger partial charge in [-0.15, -0.1) is 0 Å². The van der Waals surface area contributed by atoms with Gasteiger partial charge in [0.05, 0.1) is 11.1 Å². The van der Waals surface area contributed by atoms with E-state index in [2.05, 4.69) is 10.1 Å². The minimum atomic E-state index is -4.65. The van der Waals surface area contributed by atoms with E-state index in [1.807, 2.05) is 0 Å². The Morgan fingerprint density at radius 3 is 2.41 bits per heavy atom. The van der Waals surface area contributed by atoms with Crippen molar-refractivity contribution in [1.82, 2.24) is 4.98 Å². The van der Waals surface area contributed by atoms with E-state index >= 15 is 0 Å². The topological polar surface area (TPSA) is 136 Å². The molecule has 0 saturated carbocycles. The number of rotatable bonds is 3. The maximum absolute atomic E-state index is 12.5. The molecular formula is C6H5F2N3O5S. The fraction of sp³-hybridized carbons (Fsp3) is 0.167. The maximum atomic E-state index is 12.5. The van der Waals surface area contributed by atoms with Crippen LogP contribution < -0.4 is 5.14 Å². The van der Waals surface area contributed by atoms with Gasteiger partial charge in [-0.25, -0.2) is 27.3 Å². The monoisotopic (exact) mass is 269 g/mol. The second-order valence-electron chi connectivity index (χ2n) is 2.81. The van der Waals surface area contributed by atoms with Gasteiger partial charge >= 0.3 is 5.69 Å². The molecule has 0 aromatic carbocycles. The van der Waals surface area contributed by atoms with Gasteiger partial charge in [0.1, 0.15) is 11.3 Å². The van der Waals surface area contributed by atoms with Crippen molar-refractivity contribution in [2.75, 3.05) is 0 Å². The quantitative estimate of drug-likeness (QED) is 0.597. The summed E-state index contributed by atoms with van der Waals surface area (Å²) < 4.78 is 46.8. The Balaban J connectivity index is 3.78. The van der Waals surface area contributed by atoms with Crippen LogP contribution in [-0.4, -0.2) is 23.4 Å². The Morgan fingerprint density at radius 2 is 2.06 bits per heavy atom. The third-order valence-electron chi connectivity index (χ3n) is 1.71. The molecule has 0 aliphatic heterocycles. The van der Waals surface area contributed by atoms with Crippen molar-refractivity contribution in [3.63, 3.8) is 0 Å². The maximum Gasteiger partial charge on any atom is 0.320 e. The molecule has 1 aromatic rings. The largest absolute Gasteiger partial charge is 0.506 e. The number of nitro groups is 1. The van der Waals surface area contributed by atoms with Crippen molar-refractivity contribution >= 4 is 15.7 Å². The number of halogens is 2. The lowest BCUT2D eigenvalue weighted by Gasteiger charge is -2.06. The van der Waals surface area contributed by atoms with Crippen LogP contribution in [0.25, 0.3) is 0 Å². The number of hydrogen-bond donors (Lipinski definition) is 2. The molecule has 0 amide bonds. The number of sulfonamides is 1. The number of primary sulfonamides is 1. The summed E-state index contributed by atoms with van der Waals surface area (Å²) in [6, 6.07) is 0. The molecule has 0 aliphatic carbocycles. The predicted molar refractivity (Wildman–Crippen MR) is 48.9 cm³/mol. The molecule has 0 aliphatic rings. The molecule has 1 aromatic heterocycles. The van der Waals surface area contributed by atoms with E-state index in [1.54, 1.807) is 0 Å². The highest BCUT2D eigenvalue weighted by Gasteiger charge is 2.35. The van der Waals surface area contributed by atoms with Crippen LogP contribution in [0.2, 0.25) is 0 Å². The van der Waals surface area contributed by atoms with Crippen LogP contribution in [0, 0.1) is 10.1 Å². The van der Waals surface area contributed by atoms with E-state index in [9.17, 15) is 27.3 Å². The van der Waals surface area contributed by atoms with Gasteiger partial charge in [0.2, 0.25) is 5.03 Å². The average molecular weight is 269 g/mol. The van der Waals surface area contributed by atoms with E-state index in [4.69, 9.17) is 5.11 Å². The molecule has 0 fully saturated rings. The van der Waals surface area contributed by atoms with Gasteiger partial charge in [0, 0.05) is 0 Å². The van der Waals surface area contributed by atoms with Crippen molar-refractivity contribution in [3.8, 4) is 5.75 Å². The smallest absolute Gasteiger partial charge is 0.320 e. The van der Waals surface area contributed by atoms with Gasteiger partial charge < -0.3 is 5.11 Å². The molecular weight excluding hydrogens is 264 g/mol. The zero-order valence-corrected chi connectivity index (χ0v) is 8.69. The normalized spacial score (nSPS) is 11.8. The van der Waals surface area contributed by atoms with Crippen LogP contribution in [0.5, 0.6) is 5.75 Å². The van der Waals surface area contributed by atoms with Crippen LogP contribution in [-0.2, 0) is 10.0 Å². The molecule has 17 heavy (non-hydrogen) atoms. The molecule has 11 heteroatoms. The summed E-state index contributed by atoms with van der Waals surface area (Å²) in [5.41, 5.74) is -2.96. The first-order valence-electron chi connectivity index (χ1n) is 3.83. The minimum Gasteiger partial charge on any atom is -0.506 e. The molecule has 8 nitrogen and oxygen atoms in total. The highest BCUT2D eigenvalue weighted by Crippen LogP contribution is 2.38. The SMILES string of the molecule is NS(=O)(=O)c1ncc(O)c(C(F)F)c1[N+](=O)[O-]. The standard InChI is InChI=1S/C6H5F2N3O5S/c7-5(8)3-2(12)1-10-6(17(9,15)16)4(3)11(13)14/h1,5,12H,(H2,9,15,16). The molecule has 0 saturated heterocycles. The highest BCUT2D eigenvalue weighted by molar-refractivity contribution is 7.89. The lowest BCUT2D eigenvalue weighted by molar-refractivity contribution is -0.389. The molecule has 1 rings (SSSR count). The molecule has 0 radical (unpaired) electrons. The van der Waals surface area contributed by atoms with Crippen LogP contribution in [0.3, 0.4) is 0 Å². The third kappa shape index (κ3) is 2.45. The summed E-state index contributed by atoms with van der Waals surface area (Å²) in [6.45, 7) is 0. The first-order valence-corrected chi connectivity index (χ1v) is 5.38. The fourth-order valence-corrected chi connectivity index (χ4v) is 1.74. The van der Waals surface area contributed by atoms with Crippen molar-refractivity contribution in [1.29, 1.82) is 0 Å². The van der Waals surface area contributed by atoms with Crippen molar-refractivity contribution < 1.29 is 27.2 Å². The summed E-state index contributed by atoms with van der Waals surface area (Å²) in [7, 11) is -4.65. The van der Waals surface area contributed by atoms with Gasteiger partial charge in [-0.1, -0.05) is 0 Å². The van der Waals surface area contributed by atoms with Gasteiger partial charge in [-0.2, -0.15) is 0 Å².